The van der Waals surface area contributed by atoms with Crippen LogP contribution in [-0.4, -0.2) is 42.7 Å². The second-order valence-corrected chi connectivity index (χ2v) is 10.3. The molecule has 0 bridgehead atoms. The molecule has 1 fully saturated rings. The van der Waals surface area contributed by atoms with Gasteiger partial charge in [-0.25, -0.2) is 8.42 Å². The largest absolute Gasteiger partial charge is 0.312 e. The number of nitrogens with one attached hydrogen (secondary N) is 1. The molecule has 2 heterocycles. The number of rotatable bonds is 6. The van der Waals surface area contributed by atoms with E-state index in [0.717, 1.165) is 22.6 Å². The van der Waals surface area contributed by atoms with E-state index in [0.29, 0.717) is 18.0 Å². The predicted molar refractivity (Wildman–Crippen MR) is 118 cm³/mol. The Labute approximate surface area is 183 Å². The molecule has 0 saturated carbocycles. The lowest BCUT2D eigenvalue weighted by molar-refractivity contribution is -0.117. The van der Waals surface area contributed by atoms with Gasteiger partial charge in [-0.3, -0.25) is 14.9 Å². The summed E-state index contributed by atoms with van der Waals surface area (Å²) in [7, 11) is -3.74. The van der Waals surface area contributed by atoms with Crippen molar-refractivity contribution in [1.29, 1.82) is 0 Å². The van der Waals surface area contributed by atoms with Gasteiger partial charge in [0, 0.05) is 24.6 Å². The zero-order valence-electron chi connectivity index (χ0n) is 16.7. The first-order valence-corrected chi connectivity index (χ1v) is 12.1. The van der Waals surface area contributed by atoms with Gasteiger partial charge in [-0.15, -0.1) is 10.2 Å². The molecule has 1 unspecified atom stereocenters. The summed E-state index contributed by atoms with van der Waals surface area (Å²) in [5.41, 5.74) is 1.91. The molecule has 0 aliphatic carbocycles. The Balaban J connectivity index is 1.41. The molecule has 1 aliphatic heterocycles. The van der Waals surface area contributed by atoms with Gasteiger partial charge < -0.3 is 4.90 Å². The van der Waals surface area contributed by atoms with Gasteiger partial charge in [-0.2, -0.15) is 0 Å². The molecular weight excluding hydrogens is 436 g/mol. The summed E-state index contributed by atoms with van der Waals surface area (Å²) >= 11 is 1.15. The third-order valence-electron chi connectivity index (χ3n) is 4.90. The topological polar surface area (TPSA) is 109 Å². The molecule has 31 heavy (non-hydrogen) atoms. The molecule has 1 atom stereocenters. The summed E-state index contributed by atoms with van der Waals surface area (Å²) in [5.74, 6) is -1.50. The Morgan fingerprint density at radius 1 is 1.16 bits per heavy atom. The third kappa shape index (κ3) is 4.80. The number of carbonyl (C=O) groups excluding carboxylic acids is 2. The van der Waals surface area contributed by atoms with Crippen molar-refractivity contribution in [2.75, 3.05) is 22.5 Å². The Kier molecular flexibility index (Phi) is 5.84. The fourth-order valence-electron chi connectivity index (χ4n) is 3.41. The summed E-state index contributed by atoms with van der Waals surface area (Å²) in [4.78, 5) is 26.5. The summed E-state index contributed by atoms with van der Waals surface area (Å²) < 4.78 is 24.7. The second-order valence-electron chi connectivity index (χ2n) is 7.31. The third-order valence-corrected chi connectivity index (χ3v) is 7.53. The van der Waals surface area contributed by atoms with Crippen LogP contribution in [0.1, 0.15) is 22.9 Å². The fraction of sp³-hybridized carbons (Fsp3) is 0.238. The molecule has 0 spiro atoms. The number of hydrogen-bond acceptors (Lipinski definition) is 7. The molecule has 3 aromatic rings. The maximum atomic E-state index is 12.5. The zero-order valence-corrected chi connectivity index (χ0v) is 18.3. The lowest BCUT2D eigenvalue weighted by atomic mass is 10.1. The monoisotopic (exact) mass is 456 g/mol. The van der Waals surface area contributed by atoms with E-state index < -0.39 is 21.5 Å². The molecule has 1 saturated heterocycles. The molecular formula is C21H20N4O4S2. The molecule has 4 rings (SSSR count). The van der Waals surface area contributed by atoms with Crippen molar-refractivity contribution in [3.63, 3.8) is 0 Å². The van der Waals surface area contributed by atoms with Crippen molar-refractivity contribution < 1.29 is 18.0 Å². The highest BCUT2D eigenvalue weighted by atomic mass is 32.2. The van der Waals surface area contributed by atoms with Crippen molar-refractivity contribution >= 4 is 43.8 Å². The van der Waals surface area contributed by atoms with Gasteiger partial charge >= 0.3 is 0 Å². The van der Waals surface area contributed by atoms with Crippen LogP contribution in [-0.2, 0) is 19.4 Å². The number of carbonyl (C=O) groups is 2. The Morgan fingerprint density at radius 2 is 1.94 bits per heavy atom. The molecule has 160 valence electrons. The smallest absolute Gasteiger partial charge is 0.241 e. The van der Waals surface area contributed by atoms with Crippen molar-refractivity contribution in [1.82, 2.24) is 10.2 Å². The summed E-state index contributed by atoms with van der Waals surface area (Å²) in [6.07, 6.45) is 0.304. The SMILES string of the molecule is Cc1cccc(N2CC(c3nnc(NC(=O)CS(=O)(=O)c4ccccc4)s3)CC2=O)c1. The van der Waals surface area contributed by atoms with E-state index in [-0.39, 0.29) is 21.9 Å². The van der Waals surface area contributed by atoms with Crippen molar-refractivity contribution in [2.24, 2.45) is 0 Å². The predicted octanol–water partition coefficient (Wildman–Crippen LogP) is 2.78. The molecule has 1 N–H and O–H groups in total. The van der Waals surface area contributed by atoms with E-state index in [4.69, 9.17) is 0 Å². The number of anilines is 2. The summed E-state index contributed by atoms with van der Waals surface area (Å²) in [6.45, 7) is 2.45. The standard InChI is InChI=1S/C21H20N4O4S2/c1-14-6-5-7-16(10-14)25-12-15(11-19(25)27)20-23-24-21(30-20)22-18(26)13-31(28,29)17-8-3-2-4-9-17/h2-10,15H,11-13H2,1H3,(H,22,24,26). The van der Waals surface area contributed by atoms with Crippen LogP contribution >= 0.6 is 11.3 Å². The van der Waals surface area contributed by atoms with Crippen molar-refractivity contribution in [3.8, 4) is 0 Å². The Morgan fingerprint density at radius 3 is 2.68 bits per heavy atom. The van der Waals surface area contributed by atoms with Crippen LogP contribution in [0.15, 0.2) is 59.5 Å². The van der Waals surface area contributed by atoms with Gasteiger partial charge in [0.1, 0.15) is 10.8 Å². The normalized spacial score (nSPS) is 16.5. The zero-order chi connectivity index (χ0) is 22.0. The van der Waals surface area contributed by atoms with Crippen LogP contribution in [0.3, 0.4) is 0 Å². The first-order valence-electron chi connectivity index (χ1n) is 9.60. The highest BCUT2D eigenvalue weighted by Crippen LogP contribution is 2.34. The minimum atomic E-state index is -3.74. The second kappa shape index (κ2) is 8.56. The Hall–Kier alpha value is -3.11. The maximum Gasteiger partial charge on any atom is 0.241 e. The average Bonchev–Trinajstić information content (AvgIpc) is 3.34. The van der Waals surface area contributed by atoms with Crippen molar-refractivity contribution in [2.45, 2.75) is 24.2 Å². The van der Waals surface area contributed by atoms with Crippen molar-refractivity contribution in [3.05, 3.63) is 65.2 Å². The van der Waals surface area contributed by atoms with E-state index in [9.17, 15) is 18.0 Å². The van der Waals surface area contributed by atoms with E-state index in [1.54, 1.807) is 23.1 Å². The quantitative estimate of drug-likeness (QED) is 0.611. The first kappa shape index (κ1) is 21.1. The number of aromatic nitrogens is 2. The molecule has 1 aliphatic rings. The van der Waals surface area contributed by atoms with Crippen LogP contribution in [0, 0.1) is 6.92 Å². The molecule has 2 amide bonds. The van der Waals surface area contributed by atoms with Crippen LogP contribution < -0.4 is 10.2 Å². The number of amides is 2. The first-order chi connectivity index (χ1) is 14.8. The molecule has 8 nitrogen and oxygen atoms in total. The minimum Gasteiger partial charge on any atom is -0.312 e. The molecule has 2 aromatic carbocycles. The van der Waals surface area contributed by atoms with Crippen LogP contribution in [0.2, 0.25) is 0 Å². The molecule has 0 radical (unpaired) electrons. The van der Waals surface area contributed by atoms with E-state index in [1.165, 1.54) is 12.1 Å². The number of aryl methyl sites for hydroxylation is 1. The lowest BCUT2D eigenvalue weighted by Gasteiger charge is -2.16. The average molecular weight is 457 g/mol. The lowest BCUT2D eigenvalue weighted by Crippen LogP contribution is -2.24. The van der Waals surface area contributed by atoms with Gasteiger partial charge in [0.25, 0.3) is 0 Å². The fourth-order valence-corrected chi connectivity index (χ4v) is 5.41. The van der Waals surface area contributed by atoms with E-state index in [1.807, 2.05) is 31.2 Å². The van der Waals surface area contributed by atoms with Crippen LogP contribution in [0.5, 0.6) is 0 Å². The number of hydrogen-bond donors (Lipinski definition) is 1. The highest BCUT2D eigenvalue weighted by molar-refractivity contribution is 7.92. The molecule has 10 heteroatoms. The number of benzene rings is 2. The Bertz CT molecular complexity index is 1220. The summed E-state index contributed by atoms with van der Waals surface area (Å²) in [5, 5.41) is 11.4. The number of sulfone groups is 1. The van der Waals surface area contributed by atoms with Gasteiger partial charge in [0.2, 0.25) is 16.9 Å². The van der Waals surface area contributed by atoms with Gasteiger partial charge in [0.15, 0.2) is 9.84 Å². The van der Waals surface area contributed by atoms with Gasteiger partial charge in [-0.1, -0.05) is 41.7 Å². The highest BCUT2D eigenvalue weighted by Gasteiger charge is 2.34. The van der Waals surface area contributed by atoms with Gasteiger partial charge in [0.05, 0.1) is 4.90 Å². The molecule has 1 aromatic heterocycles. The van der Waals surface area contributed by atoms with Crippen LogP contribution in [0.25, 0.3) is 0 Å². The van der Waals surface area contributed by atoms with E-state index >= 15 is 0 Å². The van der Waals surface area contributed by atoms with Gasteiger partial charge in [-0.05, 0) is 36.8 Å². The van der Waals surface area contributed by atoms with Crippen LogP contribution in [0.4, 0.5) is 10.8 Å². The minimum absolute atomic E-state index is 0.00494. The summed E-state index contributed by atoms with van der Waals surface area (Å²) in [6, 6.07) is 15.5. The maximum absolute atomic E-state index is 12.5. The number of nitrogens with zero attached hydrogens (tertiary/aromatic N) is 3. The van der Waals surface area contributed by atoms with E-state index in [2.05, 4.69) is 15.5 Å².